The Kier molecular flexibility index (Phi) is 8.94. The fourth-order valence-electron chi connectivity index (χ4n) is 2.27. The lowest BCUT2D eigenvalue weighted by molar-refractivity contribution is -0.420. The van der Waals surface area contributed by atoms with Gasteiger partial charge in [0.15, 0.2) is 0 Å². The van der Waals surface area contributed by atoms with Gasteiger partial charge in [-0.1, -0.05) is 31.2 Å². The number of rotatable bonds is 11. The normalized spacial score (nSPS) is 10.5. The van der Waals surface area contributed by atoms with Crippen LogP contribution < -0.4 is 9.47 Å². The highest BCUT2D eigenvalue weighted by atomic mass is 17.3. The summed E-state index contributed by atoms with van der Waals surface area (Å²) in [5, 5.41) is 0. The van der Waals surface area contributed by atoms with Gasteiger partial charge < -0.3 is 9.47 Å². The molecule has 0 aromatic heterocycles. The first-order valence-electron chi connectivity index (χ1n) is 9.29. The summed E-state index contributed by atoms with van der Waals surface area (Å²) in [5.41, 5.74) is 0.402. The molecule has 0 fully saturated rings. The van der Waals surface area contributed by atoms with Crippen molar-refractivity contribution in [1.29, 1.82) is 0 Å². The first-order chi connectivity index (χ1) is 14.1. The number of para-hydroxylation sites is 2. The molecular formula is C21H24O8. The molecule has 0 aliphatic carbocycles. The Morgan fingerprint density at radius 3 is 1.52 bits per heavy atom. The monoisotopic (exact) mass is 404 g/mol. The van der Waals surface area contributed by atoms with Crippen molar-refractivity contribution in [1.82, 2.24) is 0 Å². The topological polar surface area (TPSA) is 89.5 Å². The van der Waals surface area contributed by atoms with Gasteiger partial charge in [-0.25, -0.2) is 9.59 Å². The Morgan fingerprint density at radius 2 is 1.14 bits per heavy atom. The van der Waals surface area contributed by atoms with Crippen LogP contribution in [0.1, 0.15) is 47.9 Å². The molecule has 0 heterocycles. The molecule has 0 bridgehead atoms. The quantitative estimate of drug-likeness (QED) is 0.314. The van der Waals surface area contributed by atoms with Gasteiger partial charge in [-0.15, -0.1) is 9.78 Å². The second-order valence-electron chi connectivity index (χ2n) is 5.63. The van der Waals surface area contributed by atoms with E-state index in [-0.39, 0.29) is 17.5 Å². The SMILES string of the molecule is CCOc1ccccc1C(=O)OOC(CC)OOC(=O)c1ccccc1OCC. The molecule has 0 amide bonds. The van der Waals surface area contributed by atoms with Crippen molar-refractivity contribution >= 4 is 11.9 Å². The maximum absolute atomic E-state index is 12.2. The molecule has 0 saturated carbocycles. The van der Waals surface area contributed by atoms with Crippen LogP contribution in [0.4, 0.5) is 0 Å². The number of hydrogen-bond donors (Lipinski definition) is 0. The van der Waals surface area contributed by atoms with Crippen LogP contribution in [0.15, 0.2) is 48.5 Å². The van der Waals surface area contributed by atoms with E-state index in [2.05, 4.69) is 0 Å². The van der Waals surface area contributed by atoms with Crippen LogP contribution in [0.5, 0.6) is 11.5 Å². The Hall–Kier alpha value is -3.10. The summed E-state index contributed by atoms with van der Waals surface area (Å²) in [7, 11) is 0. The predicted molar refractivity (Wildman–Crippen MR) is 102 cm³/mol. The third-order valence-electron chi connectivity index (χ3n) is 3.61. The van der Waals surface area contributed by atoms with E-state index < -0.39 is 18.2 Å². The Morgan fingerprint density at radius 1 is 0.724 bits per heavy atom. The second kappa shape index (κ2) is 11.7. The standard InChI is InChI=1S/C21H24O8/c1-4-19(26-28-20(22)15-11-7-9-13-17(15)24-5-2)27-29-21(23)16-12-8-10-14-18(16)25-6-3/h7-14,19H,4-6H2,1-3H3. The maximum Gasteiger partial charge on any atom is 0.376 e. The molecule has 0 spiro atoms. The lowest BCUT2D eigenvalue weighted by Gasteiger charge is -2.15. The van der Waals surface area contributed by atoms with Crippen molar-refractivity contribution in [3.05, 3.63) is 59.7 Å². The van der Waals surface area contributed by atoms with E-state index in [1.807, 2.05) is 0 Å². The number of benzene rings is 2. The molecule has 0 aliphatic rings. The van der Waals surface area contributed by atoms with Crippen LogP contribution in [-0.4, -0.2) is 31.4 Å². The molecule has 0 N–H and O–H groups in total. The Balaban J connectivity index is 1.91. The van der Waals surface area contributed by atoms with Gasteiger partial charge in [-0.05, 0) is 38.1 Å². The zero-order valence-corrected chi connectivity index (χ0v) is 16.6. The summed E-state index contributed by atoms with van der Waals surface area (Å²) in [4.78, 5) is 44.0. The van der Waals surface area contributed by atoms with Crippen molar-refractivity contribution in [2.75, 3.05) is 13.2 Å². The van der Waals surface area contributed by atoms with E-state index in [4.69, 9.17) is 29.0 Å². The van der Waals surface area contributed by atoms with Crippen LogP contribution in [0, 0.1) is 0 Å². The second-order valence-corrected chi connectivity index (χ2v) is 5.63. The zero-order chi connectivity index (χ0) is 21.1. The molecule has 0 radical (unpaired) electrons. The van der Waals surface area contributed by atoms with E-state index in [9.17, 15) is 9.59 Å². The number of carbonyl (C=O) groups is 2. The highest BCUT2D eigenvalue weighted by molar-refractivity contribution is 5.92. The van der Waals surface area contributed by atoms with Crippen LogP contribution in [0.25, 0.3) is 0 Å². The summed E-state index contributed by atoms with van der Waals surface area (Å²) in [6.07, 6.45) is -0.859. The number of ether oxygens (including phenoxy) is 2. The smallest absolute Gasteiger partial charge is 0.376 e. The molecule has 0 aliphatic heterocycles. The van der Waals surface area contributed by atoms with Crippen molar-refractivity contribution in [3.63, 3.8) is 0 Å². The van der Waals surface area contributed by atoms with Gasteiger partial charge in [0.25, 0.3) is 0 Å². The lowest BCUT2D eigenvalue weighted by Crippen LogP contribution is -2.22. The minimum atomic E-state index is -1.11. The maximum atomic E-state index is 12.2. The van der Waals surface area contributed by atoms with Crippen LogP contribution in [-0.2, 0) is 19.6 Å². The van der Waals surface area contributed by atoms with Gasteiger partial charge in [-0.3, -0.25) is 9.78 Å². The van der Waals surface area contributed by atoms with Gasteiger partial charge in [0.1, 0.15) is 22.6 Å². The molecule has 2 aromatic carbocycles. The zero-order valence-electron chi connectivity index (χ0n) is 16.6. The molecule has 8 nitrogen and oxygen atoms in total. The molecule has 8 heteroatoms. The number of hydrogen-bond acceptors (Lipinski definition) is 8. The third-order valence-corrected chi connectivity index (χ3v) is 3.61. The van der Waals surface area contributed by atoms with Crippen molar-refractivity contribution in [2.24, 2.45) is 0 Å². The summed E-state index contributed by atoms with van der Waals surface area (Å²) < 4.78 is 10.8. The lowest BCUT2D eigenvalue weighted by atomic mass is 10.2. The molecule has 29 heavy (non-hydrogen) atoms. The van der Waals surface area contributed by atoms with Gasteiger partial charge in [0.2, 0.25) is 6.29 Å². The van der Waals surface area contributed by atoms with E-state index in [0.717, 1.165) is 0 Å². The highest BCUT2D eigenvalue weighted by Crippen LogP contribution is 2.21. The Labute approximate surface area is 169 Å². The van der Waals surface area contributed by atoms with E-state index in [0.29, 0.717) is 24.7 Å². The fourth-order valence-corrected chi connectivity index (χ4v) is 2.27. The van der Waals surface area contributed by atoms with E-state index in [1.165, 1.54) is 0 Å². The molecule has 156 valence electrons. The van der Waals surface area contributed by atoms with Gasteiger partial charge in [0, 0.05) is 6.42 Å². The summed E-state index contributed by atoms with van der Waals surface area (Å²) in [6.45, 7) is 6.10. The van der Waals surface area contributed by atoms with Crippen LogP contribution >= 0.6 is 0 Å². The van der Waals surface area contributed by atoms with Gasteiger partial charge in [0.05, 0.1) is 13.2 Å². The summed E-state index contributed by atoms with van der Waals surface area (Å²) >= 11 is 0. The molecule has 2 rings (SSSR count). The minimum Gasteiger partial charge on any atom is -0.493 e. The molecular weight excluding hydrogens is 380 g/mol. The summed E-state index contributed by atoms with van der Waals surface area (Å²) in [6, 6.07) is 13.2. The fraction of sp³-hybridized carbons (Fsp3) is 0.333. The molecule has 0 unspecified atom stereocenters. The molecule has 2 aromatic rings. The van der Waals surface area contributed by atoms with Gasteiger partial charge >= 0.3 is 11.9 Å². The predicted octanol–water partition coefficient (Wildman–Crippen LogP) is 4.10. The average molecular weight is 404 g/mol. The first-order valence-corrected chi connectivity index (χ1v) is 9.29. The van der Waals surface area contributed by atoms with E-state index in [1.54, 1.807) is 69.3 Å². The third kappa shape index (κ3) is 6.48. The van der Waals surface area contributed by atoms with Crippen LogP contribution in [0.2, 0.25) is 0 Å². The van der Waals surface area contributed by atoms with Crippen molar-refractivity contribution < 1.29 is 38.6 Å². The van der Waals surface area contributed by atoms with Crippen molar-refractivity contribution in [3.8, 4) is 11.5 Å². The molecule has 0 atom stereocenters. The van der Waals surface area contributed by atoms with Crippen molar-refractivity contribution in [2.45, 2.75) is 33.5 Å². The molecule has 0 saturated heterocycles. The Bertz CT molecular complexity index is 739. The van der Waals surface area contributed by atoms with Gasteiger partial charge in [-0.2, -0.15) is 0 Å². The first kappa shape index (κ1) is 22.2. The number of carbonyl (C=O) groups excluding carboxylic acids is 2. The largest absolute Gasteiger partial charge is 0.493 e. The minimum absolute atomic E-state index is 0.201. The highest BCUT2D eigenvalue weighted by Gasteiger charge is 2.21. The van der Waals surface area contributed by atoms with Crippen LogP contribution in [0.3, 0.4) is 0 Å². The van der Waals surface area contributed by atoms with E-state index >= 15 is 0 Å². The summed E-state index contributed by atoms with van der Waals surface area (Å²) in [5.74, 6) is -0.777. The average Bonchev–Trinajstić information content (AvgIpc) is 2.74.